The van der Waals surface area contributed by atoms with Gasteiger partial charge < -0.3 is 9.73 Å². The molecule has 6 nitrogen and oxygen atoms in total. The van der Waals surface area contributed by atoms with Crippen molar-refractivity contribution in [2.45, 2.75) is 18.4 Å². The van der Waals surface area contributed by atoms with Crippen molar-refractivity contribution in [2.24, 2.45) is 0 Å². The molecule has 1 N–H and O–H groups in total. The van der Waals surface area contributed by atoms with E-state index in [0.717, 1.165) is 11.4 Å². The van der Waals surface area contributed by atoms with E-state index in [-0.39, 0.29) is 4.90 Å². The molecule has 0 unspecified atom stereocenters. The van der Waals surface area contributed by atoms with E-state index in [4.69, 9.17) is 4.42 Å². The van der Waals surface area contributed by atoms with Crippen molar-refractivity contribution in [1.82, 2.24) is 9.29 Å². The Kier molecular flexibility index (Phi) is 4.10. The summed E-state index contributed by atoms with van der Waals surface area (Å²) in [6.45, 7) is 2.28. The van der Waals surface area contributed by atoms with Crippen LogP contribution in [0.2, 0.25) is 0 Å². The fourth-order valence-corrected chi connectivity index (χ4v) is 2.52. The van der Waals surface area contributed by atoms with Crippen LogP contribution in [0.15, 0.2) is 39.8 Å². The lowest BCUT2D eigenvalue weighted by atomic mass is 10.3. The van der Waals surface area contributed by atoms with Crippen LogP contribution in [0.3, 0.4) is 0 Å². The minimum absolute atomic E-state index is 0.264. The van der Waals surface area contributed by atoms with Gasteiger partial charge in [0.1, 0.15) is 5.76 Å². The van der Waals surface area contributed by atoms with E-state index < -0.39 is 10.0 Å². The largest absolute Gasteiger partial charge is 0.444 e. The van der Waals surface area contributed by atoms with E-state index in [1.54, 1.807) is 30.5 Å². The Labute approximate surface area is 118 Å². The number of aryl methyl sites for hydroxylation is 1. The summed E-state index contributed by atoms with van der Waals surface area (Å²) >= 11 is 0. The third-order valence-electron chi connectivity index (χ3n) is 2.75. The van der Waals surface area contributed by atoms with Gasteiger partial charge in [-0.25, -0.2) is 17.7 Å². The smallest absolute Gasteiger partial charge is 0.242 e. The van der Waals surface area contributed by atoms with Gasteiger partial charge in [0.2, 0.25) is 15.9 Å². The Morgan fingerprint density at radius 2 is 1.90 bits per heavy atom. The molecule has 0 radical (unpaired) electrons. The number of aromatic nitrogens is 1. The molecule has 0 bridgehead atoms. The lowest BCUT2D eigenvalue weighted by Crippen LogP contribution is -2.22. The molecule has 1 aromatic heterocycles. The molecule has 1 aromatic carbocycles. The third-order valence-corrected chi connectivity index (χ3v) is 4.58. The summed E-state index contributed by atoms with van der Waals surface area (Å²) in [5.74, 6) is 1.35. The molecule has 0 aliphatic carbocycles. The molecule has 0 amide bonds. The molecule has 108 valence electrons. The molecule has 0 aliphatic rings. The van der Waals surface area contributed by atoms with Crippen molar-refractivity contribution in [2.75, 3.05) is 19.4 Å². The number of benzene rings is 1. The number of hydrogen-bond acceptors (Lipinski definition) is 5. The molecule has 0 saturated carbocycles. The van der Waals surface area contributed by atoms with E-state index in [2.05, 4.69) is 10.3 Å². The Morgan fingerprint density at radius 1 is 1.25 bits per heavy atom. The van der Waals surface area contributed by atoms with Crippen LogP contribution in [0.1, 0.15) is 11.7 Å². The summed E-state index contributed by atoms with van der Waals surface area (Å²) in [5, 5.41) is 3.12. The SMILES string of the molecule is Cc1cnc(CNc2ccc(S(=O)(=O)N(C)C)cc2)o1. The van der Waals surface area contributed by atoms with Gasteiger partial charge in [-0.1, -0.05) is 0 Å². The molecule has 0 spiro atoms. The van der Waals surface area contributed by atoms with E-state index >= 15 is 0 Å². The molecular formula is C13H17N3O3S. The first kappa shape index (κ1) is 14.5. The molecule has 2 aromatic rings. The second-order valence-corrected chi connectivity index (χ2v) is 6.68. The predicted molar refractivity (Wildman–Crippen MR) is 75.9 cm³/mol. The highest BCUT2D eigenvalue weighted by Gasteiger charge is 2.16. The van der Waals surface area contributed by atoms with Crippen LogP contribution in [-0.2, 0) is 16.6 Å². The summed E-state index contributed by atoms with van der Waals surface area (Å²) < 4.78 is 30.3. The van der Waals surface area contributed by atoms with E-state index in [1.165, 1.54) is 18.4 Å². The van der Waals surface area contributed by atoms with Crippen molar-refractivity contribution in [3.05, 3.63) is 42.1 Å². The molecule has 0 aliphatic heterocycles. The Bertz CT molecular complexity index is 675. The minimum Gasteiger partial charge on any atom is -0.444 e. The fourth-order valence-electron chi connectivity index (χ4n) is 1.62. The lowest BCUT2D eigenvalue weighted by Gasteiger charge is -2.11. The van der Waals surface area contributed by atoms with Crippen LogP contribution in [-0.4, -0.2) is 31.8 Å². The summed E-state index contributed by atoms with van der Waals surface area (Å²) in [4.78, 5) is 4.34. The molecule has 2 rings (SSSR count). The zero-order valence-electron chi connectivity index (χ0n) is 11.6. The topological polar surface area (TPSA) is 75.4 Å². The minimum atomic E-state index is -3.38. The van der Waals surface area contributed by atoms with Crippen LogP contribution >= 0.6 is 0 Å². The summed E-state index contributed by atoms with van der Waals surface area (Å²) in [6.07, 6.45) is 1.66. The quantitative estimate of drug-likeness (QED) is 0.911. The number of rotatable bonds is 5. The van der Waals surface area contributed by atoms with E-state index in [1.807, 2.05) is 6.92 Å². The second kappa shape index (κ2) is 5.64. The number of nitrogens with zero attached hydrogens (tertiary/aromatic N) is 2. The molecular weight excluding hydrogens is 278 g/mol. The second-order valence-electron chi connectivity index (χ2n) is 4.53. The van der Waals surface area contributed by atoms with Gasteiger partial charge in [-0.3, -0.25) is 0 Å². The third kappa shape index (κ3) is 3.17. The maximum Gasteiger partial charge on any atom is 0.242 e. The standard InChI is InChI=1S/C13H17N3O3S/c1-10-8-15-13(19-10)9-14-11-4-6-12(7-5-11)20(17,18)16(2)3/h4-8,14H,9H2,1-3H3. The average molecular weight is 295 g/mol. The number of sulfonamides is 1. The monoisotopic (exact) mass is 295 g/mol. The Hall–Kier alpha value is -1.86. The van der Waals surface area contributed by atoms with Crippen molar-refractivity contribution < 1.29 is 12.8 Å². The highest BCUT2D eigenvalue weighted by atomic mass is 32.2. The van der Waals surface area contributed by atoms with Crippen LogP contribution in [0.5, 0.6) is 0 Å². The molecule has 0 saturated heterocycles. The molecule has 1 heterocycles. The summed E-state index contributed by atoms with van der Waals surface area (Å²) in [6, 6.07) is 6.56. The van der Waals surface area contributed by atoms with Crippen molar-refractivity contribution in [1.29, 1.82) is 0 Å². The van der Waals surface area contributed by atoms with Crippen LogP contribution < -0.4 is 5.32 Å². The van der Waals surface area contributed by atoms with Crippen LogP contribution in [0, 0.1) is 6.92 Å². The van der Waals surface area contributed by atoms with Crippen LogP contribution in [0.25, 0.3) is 0 Å². The maximum absolute atomic E-state index is 11.9. The number of nitrogens with one attached hydrogen (secondary N) is 1. The van der Waals surface area contributed by atoms with Gasteiger partial charge in [-0.05, 0) is 31.2 Å². The zero-order chi connectivity index (χ0) is 14.8. The Morgan fingerprint density at radius 3 is 2.40 bits per heavy atom. The normalized spacial score (nSPS) is 11.8. The first-order valence-electron chi connectivity index (χ1n) is 6.07. The summed E-state index contributed by atoms with van der Waals surface area (Å²) in [5.41, 5.74) is 0.804. The average Bonchev–Trinajstić information content (AvgIpc) is 2.82. The van der Waals surface area contributed by atoms with Gasteiger partial charge in [0, 0.05) is 19.8 Å². The van der Waals surface area contributed by atoms with Crippen molar-refractivity contribution in [3.63, 3.8) is 0 Å². The van der Waals surface area contributed by atoms with Gasteiger partial charge in [-0.2, -0.15) is 0 Å². The highest BCUT2D eigenvalue weighted by molar-refractivity contribution is 7.89. The number of anilines is 1. The van der Waals surface area contributed by atoms with E-state index in [9.17, 15) is 8.42 Å². The molecule has 20 heavy (non-hydrogen) atoms. The predicted octanol–water partition coefficient (Wildman–Crippen LogP) is 1.85. The maximum atomic E-state index is 11.9. The summed E-state index contributed by atoms with van der Waals surface area (Å²) in [7, 11) is -0.370. The van der Waals surface area contributed by atoms with Gasteiger partial charge in [-0.15, -0.1) is 0 Å². The number of hydrogen-bond donors (Lipinski definition) is 1. The molecule has 0 fully saturated rings. The van der Waals surface area contributed by atoms with Crippen LogP contribution in [0.4, 0.5) is 5.69 Å². The molecule has 0 atom stereocenters. The highest BCUT2D eigenvalue weighted by Crippen LogP contribution is 2.17. The van der Waals surface area contributed by atoms with Gasteiger partial charge in [0.15, 0.2) is 0 Å². The van der Waals surface area contributed by atoms with Crippen molar-refractivity contribution in [3.8, 4) is 0 Å². The first-order valence-corrected chi connectivity index (χ1v) is 7.51. The van der Waals surface area contributed by atoms with Gasteiger partial charge in [0.25, 0.3) is 0 Å². The first-order chi connectivity index (χ1) is 9.39. The lowest BCUT2D eigenvalue weighted by molar-refractivity contribution is 0.479. The number of oxazole rings is 1. The van der Waals surface area contributed by atoms with Gasteiger partial charge >= 0.3 is 0 Å². The Balaban J connectivity index is 2.05. The van der Waals surface area contributed by atoms with Gasteiger partial charge in [0.05, 0.1) is 17.6 Å². The molecule has 7 heteroatoms. The zero-order valence-corrected chi connectivity index (χ0v) is 12.4. The van der Waals surface area contributed by atoms with Crippen molar-refractivity contribution >= 4 is 15.7 Å². The van der Waals surface area contributed by atoms with E-state index in [0.29, 0.717) is 12.4 Å². The fraction of sp³-hybridized carbons (Fsp3) is 0.308.